The number of benzene rings is 1. The Kier molecular flexibility index (Phi) is 6.39. The number of thiophene rings is 1. The van der Waals surface area contributed by atoms with Crippen LogP contribution in [0.15, 0.2) is 48.0 Å². The highest BCUT2D eigenvalue weighted by molar-refractivity contribution is 7.10. The van der Waals surface area contributed by atoms with Gasteiger partial charge >= 0.3 is 0 Å². The summed E-state index contributed by atoms with van der Waals surface area (Å²) in [4.78, 5) is 13.0. The van der Waals surface area contributed by atoms with Gasteiger partial charge in [0.05, 0.1) is 26.4 Å². The molecule has 0 spiro atoms. The zero-order chi connectivity index (χ0) is 19.1. The van der Waals surface area contributed by atoms with E-state index in [9.17, 15) is 9.90 Å². The van der Waals surface area contributed by atoms with Crippen LogP contribution in [0.3, 0.4) is 0 Å². The summed E-state index contributed by atoms with van der Waals surface area (Å²) in [5.74, 6) is 0.898. The Balaban J connectivity index is 1.45. The first-order chi connectivity index (χ1) is 13.2. The molecule has 1 atom stereocenters. The van der Waals surface area contributed by atoms with E-state index in [2.05, 4.69) is 15.6 Å². The number of hydrogen-bond donors (Lipinski definition) is 2. The highest BCUT2D eigenvalue weighted by atomic mass is 32.1. The van der Waals surface area contributed by atoms with Crippen LogP contribution in [0.4, 0.5) is 0 Å². The Bertz CT molecular complexity index is 866. The van der Waals surface area contributed by atoms with Gasteiger partial charge in [0.15, 0.2) is 17.2 Å². The topological polar surface area (TPSA) is 98.5 Å². The summed E-state index contributed by atoms with van der Waals surface area (Å²) >= 11 is 1.46. The number of carbonyl (C=O) groups is 1. The lowest BCUT2D eigenvalue weighted by Gasteiger charge is -2.10. The zero-order valence-electron chi connectivity index (χ0n) is 14.7. The van der Waals surface area contributed by atoms with Gasteiger partial charge in [0.25, 0.3) is 5.91 Å². The number of rotatable bonds is 9. The quantitative estimate of drug-likeness (QED) is 0.543. The largest absolute Gasteiger partial charge is 0.493 e. The molecule has 0 radical (unpaired) electrons. The second kappa shape index (κ2) is 9.15. The SMILES string of the molecule is COc1ccccc1OCCNC(=O)c1cn(CC(O)c2cccs2)nn1. The highest BCUT2D eigenvalue weighted by Gasteiger charge is 2.14. The van der Waals surface area contributed by atoms with E-state index in [4.69, 9.17) is 9.47 Å². The molecule has 3 rings (SSSR count). The zero-order valence-corrected chi connectivity index (χ0v) is 15.6. The Hall–Kier alpha value is -2.91. The summed E-state index contributed by atoms with van der Waals surface area (Å²) in [7, 11) is 1.57. The molecule has 3 aromatic rings. The average Bonchev–Trinajstić information content (AvgIpc) is 3.37. The number of aliphatic hydroxyl groups excluding tert-OH is 1. The van der Waals surface area contributed by atoms with Crippen molar-refractivity contribution < 1.29 is 19.4 Å². The molecule has 2 heterocycles. The monoisotopic (exact) mass is 388 g/mol. The first-order valence-electron chi connectivity index (χ1n) is 8.33. The maximum atomic E-state index is 12.1. The van der Waals surface area contributed by atoms with Gasteiger partial charge in [-0.15, -0.1) is 16.4 Å². The molecule has 1 aromatic carbocycles. The Labute approximate surface area is 160 Å². The van der Waals surface area contributed by atoms with Gasteiger partial charge in [-0.3, -0.25) is 4.79 Å². The van der Waals surface area contributed by atoms with Gasteiger partial charge in [-0.2, -0.15) is 0 Å². The van der Waals surface area contributed by atoms with Crippen LogP contribution in [0, 0.1) is 0 Å². The number of carbonyl (C=O) groups excluding carboxylic acids is 1. The van der Waals surface area contributed by atoms with E-state index in [1.54, 1.807) is 19.2 Å². The third-order valence-electron chi connectivity index (χ3n) is 3.72. The van der Waals surface area contributed by atoms with Gasteiger partial charge < -0.3 is 19.9 Å². The first kappa shape index (κ1) is 18.9. The van der Waals surface area contributed by atoms with Crippen LogP contribution in [0.1, 0.15) is 21.5 Å². The normalized spacial score (nSPS) is 11.8. The molecule has 27 heavy (non-hydrogen) atoms. The predicted octanol–water partition coefficient (Wildman–Crippen LogP) is 1.89. The number of aliphatic hydroxyl groups is 1. The summed E-state index contributed by atoms with van der Waals surface area (Å²) in [5, 5.41) is 22.5. The average molecular weight is 388 g/mol. The molecule has 142 valence electrons. The van der Waals surface area contributed by atoms with E-state index in [1.807, 2.05) is 29.6 Å². The molecule has 0 aliphatic rings. The molecule has 2 N–H and O–H groups in total. The van der Waals surface area contributed by atoms with Crippen molar-refractivity contribution in [1.29, 1.82) is 0 Å². The van der Waals surface area contributed by atoms with Gasteiger partial charge in [-0.05, 0) is 23.6 Å². The lowest BCUT2D eigenvalue weighted by molar-refractivity contribution is 0.0941. The number of nitrogens with one attached hydrogen (secondary N) is 1. The van der Waals surface area contributed by atoms with E-state index >= 15 is 0 Å². The number of ether oxygens (including phenoxy) is 2. The molecule has 1 unspecified atom stereocenters. The van der Waals surface area contributed by atoms with Crippen molar-refractivity contribution in [3.05, 3.63) is 58.5 Å². The van der Waals surface area contributed by atoms with E-state index in [1.165, 1.54) is 22.2 Å². The van der Waals surface area contributed by atoms with Crippen LogP contribution in [0.25, 0.3) is 0 Å². The van der Waals surface area contributed by atoms with Gasteiger partial charge in [0.1, 0.15) is 12.7 Å². The fourth-order valence-corrected chi connectivity index (χ4v) is 3.10. The van der Waals surface area contributed by atoms with E-state index < -0.39 is 6.10 Å². The maximum absolute atomic E-state index is 12.1. The number of hydrogen-bond acceptors (Lipinski definition) is 7. The van der Waals surface area contributed by atoms with Crippen molar-refractivity contribution >= 4 is 17.2 Å². The molecular formula is C18H20N4O4S. The molecule has 0 aliphatic carbocycles. The van der Waals surface area contributed by atoms with E-state index in [0.717, 1.165) is 4.88 Å². The highest BCUT2D eigenvalue weighted by Crippen LogP contribution is 2.25. The lowest BCUT2D eigenvalue weighted by Crippen LogP contribution is -2.28. The van der Waals surface area contributed by atoms with Crippen LogP contribution in [-0.4, -0.2) is 46.3 Å². The van der Waals surface area contributed by atoms with Crippen molar-refractivity contribution in [3.8, 4) is 11.5 Å². The molecule has 0 saturated carbocycles. The Morgan fingerprint density at radius 2 is 2.11 bits per heavy atom. The summed E-state index contributed by atoms with van der Waals surface area (Å²) in [6, 6.07) is 11.0. The van der Waals surface area contributed by atoms with Crippen LogP contribution in [0.2, 0.25) is 0 Å². The number of methoxy groups -OCH3 is 1. The van der Waals surface area contributed by atoms with Gasteiger partial charge in [-0.1, -0.05) is 23.4 Å². The maximum Gasteiger partial charge on any atom is 0.273 e. The third kappa shape index (κ3) is 5.05. The third-order valence-corrected chi connectivity index (χ3v) is 4.69. The minimum absolute atomic E-state index is 0.186. The Morgan fingerprint density at radius 1 is 1.30 bits per heavy atom. The first-order valence-corrected chi connectivity index (χ1v) is 9.21. The van der Waals surface area contributed by atoms with Crippen molar-refractivity contribution in [3.63, 3.8) is 0 Å². The summed E-state index contributed by atoms with van der Waals surface area (Å²) < 4.78 is 12.3. The molecule has 0 fully saturated rings. The molecule has 8 nitrogen and oxygen atoms in total. The van der Waals surface area contributed by atoms with Crippen LogP contribution < -0.4 is 14.8 Å². The molecule has 0 saturated heterocycles. The van der Waals surface area contributed by atoms with Gasteiger partial charge in [0, 0.05) is 4.88 Å². The van der Waals surface area contributed by atoms with Crippen LogP contribution in [-0.2, 0) is 6.54 Å². The molecule has 9 heteroatoms. The minimum Gasteiger partial charge on any atom is -0.493 e. The van der Waals surface area contributed by atoms with Crippen molar-refractivity contribution in [1.82, 2.24) is 20.3 Å². The predicted molar refractivity (Wildman–Crippen MR) is 100 cm³/mol. The molecule has 0 bridgehead atoms. The second-order valence-corrected chi connectivity index (χ2v) is 6.59. The van der Waals surface area contributed by atoms with Crippen LogP contribution in [0.5, 0.6) is 11.5 Å². The fourth-order valence-electron chi connectivity index (χ4n) is 2.39. The molecule has 1 amide bonds. The van der Waals surface area contributed by atoms with Gasteiger partial charge in [0.2, 0.25) is 0 Å². The van der Waals surface area contributed by atoms with Crippen molar-refractivity contribution in [2.75, 3.05) is 20.3 Å². The summed E-state index contributed by atoms with van der Waals surface area (Å²) in [6.45, 7) is 0.830. The lowest BCUT2D eigenvalue weighted by atomic mass is 10.3. The van der Waals surface area contributed by atoms with Crippen molar-refractivity contribution in [2.24, 2.45) is 0 Å². The van der Waals surface area contributed by atoms with Crippen LogP contribution >= 0.6 is 11.3 Å². The molecule has 2 aromatic heterocycles. The minimum atomic E-state index is -0.683. The smallest absolute Gasteiger partial charge is 0.273 e. The van der Waals surface area contributed by atoms with Gasteiger partial charge in [-0.25, -0.2) is 4.68 Å². The summed E-state index contributed by atoms with van der Waals surface area (Å²) in [5.41, 5.74) is 0.186. The number of nitrogens with zero attached hydrogens (tertiary/aromatic N) is 3. The number of amides is 1. The Morgan fingerprint density at radius 3 is 2.85 bits per heavy atom. The standard InChI is InChI=1S/C18H20N4O4S/c1-25-15-5-2-3-6-16(15)26-9-8-19-18(24)13-11-22(21-20-13)12-14(23)17-7-4-10-27-17/h2-7,10-11,14,23H,8-9,12H2,1H3,(H,19,24). The number of aromatic nitrogens is 3. The molecule has 0 aliphatic heterocycles. The summed E-state index contributed by atoms with van der Waals surface area (Å²) in [6.07, 6.45) is 0.824. The van der Waals surface area contributed by atoms with E-state index in [-0.39, 0.29) is 24.8 Å². The second-order valence-electron chi connectivity index (χ2n) is 5.61. The number of para-hydroxylation sites is 2. The molecular weight excluding hydrogens is 368 g/mol. The van der Waals surface area contributed by atoms with E-state index in [0.29, 0.717) is 18.0 Å². The fraction of sp³-hybridized carbons (Fsp3) is 0.278. The van der Waals surface area contributed by atoms with Crippen molar-refractivity contribution in [2.45, 2.75) is 12.6 Å².